The van der Waals surface area contributed by atoms with E-state index in [-0.39, 0.29) is 9.85 Å². The first-order valence-electron chi connectivity index (χ1n) is 5.76. The number of hydrogen-bond acceptors (Lipinski definition) is 0. The highest BCUT2D eigenvalue weighted by molar-refractivity contribution is 9.09. The maximum atomic E-state index is 13.3. The minimum absolute atomic E-state index is 0.209. The number of benzene rings is 2. The van der Waals surface area contributed by atoms with Crippen molar-refractivity contribution < 1.29 is 8.78 Å². The molecule has 100 valence electrons. The van der Waals surface area contributed by atoms with Crippen LogP contribution in [0, 0.1) is 25.5 Å². The molecular formula is C15H12BrClF2. The first kappa shape index (κ1) is 14.5. The summed E-state index contributed by atoms with van der Waals surface area (Å²) in [4.78, 5) is -0.268. The fourth-order valence-electron chi connectivity index (χ4n) is 2.01. The monoisotopic (exact) mass is 344 g/mol. The first-order valence-corrected chi connectivity index (χ1v) is 7.05. The average Bonchev–Trinajstić information content (AvgIpc) is 2.33. The van der Waals surface area contributed by atoms with Gasteiger partial charge in [0.25, 0.3) is 0 Å². The van der Waals surface area contributed by atoms with Crippen molar-refractivity contribution in [1.29, 1.82) is 0 Å². The van der Waals surface area contributed by atoms with Gasteiger partial charge >= 0.3 is 0 Å². The lowest BCUT2D eigenvalue weighted by Crippen LogP contribution is -1.99. The number of halogens is 4. The van der Waals surface area contributed by atoms with E-state index in [1.54, 1.807) is 0 Å². The quantitative estimate of drug-likeness (QED) is 0.482. The van der Waals surface area contributed by atoms with E-state index >= 15 is 0 Å². The Kier molecular flexibility index (Phi) is 4.26. The molecule has 2 aromatic rings. The summed E-state index contributed by atoms with van der Waals surface area (Å²) >= 11 is 9.50. The van der Waals surface area contributed by atoms with Crippen LogP contribution in [0.3, 0.4) is 0 Å². The van der Waals surface area contributed by atoms with Crippen LogP contribution in [0.25, 0.3) is 0 Å². The number of aryl methyl sites for hydroxylation is 2. The lowest BCUT2D eigenvalue weighted by Gasteiger charge is -2.16. The van der Waals surface area contributed by atoms with Crippen LogP contribution >= 0.6 is 27.5 Å². The SMILES string of the molecule is Cc1ccc(C(Br)c2cc(F)c(F)cc2Cl)c(C)c1. The maximum Gasteiger partial charge on any atom is 0.160 e. The van der Waals surface area contributed by atoms with Crippen molar-refractivity contribution in [3.05, 3.63) is 69.2 Å². The molecule has 0 heterocycles. The number of alkyl halides is 1. The molecule has 0 nitrogen and oxygen atoms in total. The van der Waals surface area contributed by atoms with Gasteiger partial charge in [-0.1, -0.05) is 51.3 Å². The summed E-state index contributed by atoms with van der Waals surface area (Å²) in [6.07, 6.45) is 0. The Balaban J connectivity index is 2.49. The largest absolute Gasteiger partial charge is 0.204 e. The predicted molar refractivity (Wildman–Crippen MR) is 78.1 cm³/mol. The van der Waals surface area contributed by atoms with Crippen molar-refractivity contribution in [2.24, 2.45) is 0 Å². The summed E-state index contributed by atoms with van der Waals surface area (Å²) in [5.41, 5.74) is 3.73. The molecule has 19 heavy (non-hydrogen) atoms. The fourth-order valence-corrected chi connectivity index (χ4v) is 3.29. The van der Waals surface area contributed by atoms with E-state index < -0.39 is 11.6 Å². The predicted octanol–water partition coefficient (Wildman–Crippen LogP) is 5.72. The second-order valence-corrected chi connectivity index (χ2v) is 5.83. The van der Waals surface area contributed by atoms with E-state index in [0.29, 0.717) is 5.56 Å². The molecule has 0 radical (unpaired) electrons. The second-order valence-electron chi connectivity index (χ2n) is 4.51. The highest BCUT2D eigenvalue weighted by atomic mass is 79.9. The van der Waals surface area contributed by atoms with Crippen LogP contribution in [0.1, 0.15) is 27.1 Å². The van der Waals surface area contributed by atoms with Crippen molar-refractivity contribution in [3.63, 3.8) is 0 Å². The summed E-state index contributed by atoms with van der Waals surface area (Å²) in [5, 5.41) is 0.209. The van der Waals surface area contributed by atoms with Crippen LogP contribution in [0.15, 0.2) is 30.3 Å². The summed E-state index contributed by atoms with van der Waals surface area (Å²) < 4.78 is 26.4. The zero-order chi connectivity index (χ0) is 14.2. The van der Waals surface area contributed by atoms with Gasteiger partial charge in [-0.05, 0) is 42.7 Å². The van der Waals surface area contributed by atoms with E-state index in [4.69, 9.17) is 11.6 Å². The van der Waals surface area contributed by atoms with Crippen molar-refractivity contribution in [3.8, 4) is 0 Å². The van der Waals surface area contributed by atoms with Gasteiger partial charge in [0.2, 0.25) is 0 Å². The minimum Gasteiger partial charge on any atom is -0.204 e. The smallest absolute Gasteiger partial charge is 0.160 e. The van der Waals surface area contributed by atoms with Crippen LogP contribution in [0.2, 0.25) is 5.02 Å². The normalized spacial score (nSPS) is 12.5. The zero-order valence-corrected chi connectivity index (χ0v) is 12.8. The minimum atomic E-state index is -0.936. The van der Waals surface area contributed by atoms with E-state index in [2.05, 4.69) is 15.9 Å². The molecule has 0 saturated heterocycles. The molecule has 0 N–H and O–H groups in total. The number of hydrogen-bond donors (Lipinski definition) is 0. The van der Waals surface area contributed by atoms with Gasteiger partial charge in [-0.3, -0.25) is 0 Å². The molecule has 0 fully saturated rings. The van der Waals surface area contributed by atoms with Gasteiger partial charge in [-0.15, -0.1) is 0 Å². The summed E-state index contributed by atoms with van der Waals surface area (Å²) in [6, 6.07) is 8.11. The van der Waals surface area contributed by atoms with E-state index in [1.165, 1.54) is 0 Å². The van der Waals surface area contributed by atoms with Crippen LogP contribution in [-0.2, 0) is 0 Å². The average molecular weight is 346 g/mol. The second kappa shape index (κ2) is 5.59. The molecule has 0 aliphatic rings. The zero-order valence-electron chi connectivity index (χ0n) is 10.5. The van der Waals surface area contributed by atoms with Crippen molar-refractivity contribution >= 4 is 27.5 Å². The summed E-state index contributed by atoms with van der Waals surface area (Å²) in [7, 11) is 0. The molecule has 0 aliphatic carbocycles. The van der Waals surface area contributed by atoms with Crippen molar-refractivity contribution in [2.45, 2.75) is 18.7 Å². The Labute approximate surface area is 124 Å². The van der Waals surface area contributed by atoms with Crippen LogP contribution in [0.4, 0.5) is 8.78 Å². The van der Waals surface area contributed by atoms with Gasteiger partial charge in [0.05, 0.1) is 4.83 Å². The molecule has 0 aliphatic heterocycles. The third-order valence-electron chi connectivity index (χ3n) is 3.01. The third kappa shape index (κ3) is 2.98. The van der Waals surface area contributed by atoms with Crippen LogP contribution < -0.4 is 0 Å². The van der Waals surface area contributed by atoms with Gasteiger partial charge in [0.1, 0.15) is 0 Å². The van der Waals surface area contributed by atoms with Crippen LogP contribution in [-0.4, -0.2) is 0 Å². The Morgan fingerprint density at radius 3 is 2.26 bits per heavy atom. The molecule has 0 spiro atoms. The highest BCUT2D eigenvalue weighted by Gasteiger charge is 2.18. The number of rotatable bonds is 2. The van der Waals surface area contributed by atoms with E-state index in [0.717, 1.165) is 28.8 Å². The van der Waals surface area contributed by atoms with E-state index in [1.807, 2.05) is 32.0 Å². The molecule has 0 aromatic heterocycles. The Morgan fingerprint density at radius 2 is 1.63 bits per heavy atom. The van der Waals surface area contributed by atoms with Crippen molar-refractivity contribution in [2.75, 3.05) is 0 Å². The molecule has 1 atom stereocenters. The van der Waals surface area contributed by atoms with Gasteiger partial charge < -0.3 is 0 Å². The molecule has 2 aromatic carbocycles. The highest BCUT2D eigenvalue weighted by Crippen LogP contribution is 2.37. The lowest BCUT2D eigenvalue weighted by atomic mass is 9.98. The molecule has 0 amide bonds. The van der Waals surface area contributed by atoms with E-state index in [9.17, 15) is 8.78 Å². The molecule has 0 saturated carbocycles. The Bertz CT molecular complexity index is 626. The summed E-state index contributed by atoms with van der Waals surface area (Å²) in [5.74, 6) is -1.83. The van der Waals surface area contributed by atoms with Gasteiger partial charge in [-0.25, -0.2) is 8.78 Å². The molecule has 0 bridgehead atoms. The lowest BCUT2D eigenvalue weighted by molar-refractivity contribution is 0.507. The van der Waals surface area contributed by atoms with Crippen molar-refractivity contribution in [1.82, 2.24) is 0 Å². The molecular weight excluding hydrogens is 334 g/mol. The fraction of sp³-hybridized carbons (Fsp3) is 0.200. The maximum absolute atomic E-state index is 13.3. The third-order valence-corrected chi connectivity index (χ3v) is 4.32. The molecule has 4 heteroatoms. The van der Waals surface area contributed by atoms with Gasteiger partial charge in [0, 0.05) is 5.02 Å². The summed E-state index contributed by atoms with van der Waals surface area (Å²) in [6.45, 7) is 3.98. The van der Waals surface area contributed by atoms with Gasteiger partial charge in [0.15, 0.2) is 11.6 Å². The molecule has 1 unspecified atom stereocenters. The Morgan fingerprint density at radius 1 is 1.00 bits per heavy atom. The topological polar surface area (TPSA) is 0 Å². The standard InChI is InChI=1S/C15H12BrClF2/c1-8-3-4-10(9(2)5-8)15(16)11-6-13(18)14(19)7-12(11)17/h3-7,15H,1-2H3. The van der Waals surface area contributed by atoms with Crippen LogP contribution in [0.5, 0.6) is 0 Å². The van der Waals surface area contributed by atoms with Gasteiger partial charge in [-0.2, -0.15) is 0 Å². The first-order chi connectivity index (χ1) is 8.90. The molecule has 2 rings (SSSR count). The Hall–Kier alpha value is -0.930.